The summed E-state index contributed by atoms with van der Waals surface area (Å²) >= 11 is 0. The van der Waals surface area contributed by atoms with Crippen molar-refractivity contribution in [2.75, 3.05) is 0 Å². The number of rotatable bonds is 4. The van der Waals surface area contributed by atoms with Crippen LogP contribution in [0.15, 0.2) is 36.4 Å². The van der Waals surface area contributed by atoms with Crippen molar-refractivity contribution in [1.29, 1.82) is 0 Å². The van der Waals surface area contributed by atoms with Gasteiger partial charge in [0.25, 0.3) is 0 Å². The summed E-state index contributed by atoms with van der Waals surface area (Å²) in [7, 11) is 1.57. The molecule has 0 aliphatic carbocycles. The van der Waals surface area contributed by atoms with Gasteiger partial charge in [-0.1, -0.05) is 35.8 Å². The zero-order valence-electron chi connectivity index (χ0n) is 12.6. The second-order valence-corrected chi connectivity index (χ2v) is 4.76. The van der Waals surface area contributed by atoms with Gasteiger partial charge in [0.1, 0.15) is 0 Å². The average Bonchev–Trinajstić information content (AvgIpc) is 2.89. The maximum absolute atomic E-state index is 13.4. The van der Waals surface area contributed by atoms with Crippen LogP contribution in [0, 0.1) is 0 Å². The van der Waals surface area contributed by atoms with Gasteiger partial charge in [0, 0.05) is 0 Å². The molecule has 0 unspecified atom stereocenters. The number of halogens is 3. The molecular weight excluding hydrogens is 335 g/mol. The molecule has 5 nitrogen and oxygen atoms in total. The molecule has 0 aliphatic rings. The Morgan fingerprint density at radius 1 is 1.13 bits per heavy atom. The summed E-state index contributed by atoms with van der Waals surface area (Å²) in [6.07, 6.45) is 0. The zero-order chi connectivity index (χ0) is 15.7. The van der Waals surface area contributed by atoms with E-state index in [1.807, 2.05) is 0 Å². The van der Waals surface area contributed by atoms with E-state index in [1.54, 1.807) is 31.3 Å². The van der Waals surface area contributed by atoms with Gasteiger partial charge in [-0.05, 0) is 22.1 Å². The maximum Gasteiger partial charge on any atom is 1.00 e. The van der Waals surface area contributed by atoms with Crippen LogP contribution in [0.1, 0.15) is 5.82 Å². The molecule has 0 amide bonds. The largest absolute Gasteiger partial charge is 1.00 e. The number of aromatic nitrogens is 4. The van der Waals surface area contributed by atoms with Crippen molar-refractivity contribution in [3.8, 4) is 5.75 Å². The van der Waals surface area contributed by atoms with Gasteiger partial charge in [0.15, 0.2) is 6.61 Å². The van der Waals surface area contributed by atoms with Crippen LogP contribution in [0.3, 0.4) is 0 Å². The number of benzene rings is 2. The Kier molecular flexibility index (Phi) is 5.85. The maximum atomic E-state index is 13.4. The topological polar surface area (TPSA) is 52.8 Å². The molecule has 0 bridgehead atoms. The molecule has 3 aromatic rings. The Bertz CT molecular complexity index is 824. The van der Waals surface area contributed by atoms with E-state index in [1.165, 1.54) is 16.9 Å². The van der Waals surface area contributed by atoms with Crippen molar-refractivity contribution in [1.82, 2.24) is 20.2 Å². The van der Waals surface area contributed by atoms with Crippen molar-refractivity contribution in [3.63, 3.8) is 0 Å². The normalized spacial score (nSPS) is 11.3. The molecule has 114 valence electrons. The molecule has 0 radical (unpaired) electrons. The quantitative estimate of drug-likeness (QED) is 0.569. The predicted molar refractivity (Wildman–Crippen MR) is 75.8 cm³/mol. The number of hydrogen-bond acceptors (Lipinski definition) is 4. The van der Waals surface area contributed by atoms with Crippen molar-refractivity contribution in [2.45, 2.75) is 6.61 Å². The zero-order valence-corrected chi connectivity index (χ0v) is 15.7. The third kappa shape index (κ3) is 4.13. The molecule has 10 heteroatoms. The van der Waals surface area contributed by atoms with Crippen LogP contribution < -0.4 is 61.6 Å². The van der Waals surface area contributed by atoms with E-state index in [9.17, 15) is 12.9 Å². The Morgan fingerprint density at radius 3 is 2.52 bits per heavy atom. The van der Waals surface area contributed by atoms with Crippen molar-refractivity contribution >= 4 is 23.2 Å². The summed E-state index contributed by atoms with van der Waals surface area (Å²) in [6, 6.07) is 9.26. The molecule has 0 spiro atoms. The van der Waals surface area contributed by atoms with Gasteiger partial charge < -0.3 is 17.7 Å². The summed E-state index contributed by atoms with van der Waals surface area (Å²) in [6.45, 7) is -5.39. The monoisotopic (exact) mass is 346 g/mol. The van der Waals surface area contributed by atoms with Crippen molar-refractivity contribution in [2.24, 2.45) is 7.05 Å². The van der Waals surface area contributed by atoms with Crippen LogP contribution in [0.5, 0.6) is 5.75 Å². The van der Waals surface area contributed by atoms with Gasteiger partial charge in [-0.3, -0.25) is 0 Å². The summed E-state index contributed by atoms with van der Waals surface area (Å²) in [5.74, 6) is -0.00469. The number of nitrogens with zero attached hydrogens (tertiary/aromatic N) is 4. The van der Waals surface area contributed by atoms with E-state index in [4.69, 9.17) is 4.74 Å². The Morgan fingerprint density at radius 2 is 1.87 bits per heavy atom. The van der Waals surface area contributed by atoms with E-state index in [2.05, 4.69) is 15.4 Å². The molecule has 0 saturated carbocycles. The Hall–Kier alpha value is -0.939. The number of aryl methyl sites for hydroxylation is 1. The summed E-state index contributed by atoms with van der Waals surface area (Å²) < 4.78 is 45.6. The smallest absolute Gasteiger partial charge is 0.488 e. The molecule has 1 aromatic heterocycles. The third-order valence-corrected chi connectivity index (χ3v) is 3.16. The number of ether oxygens (including phenoxy) is 1. The van der Waals surface area contributed by atoms with Gasteiger partial charge in [-0.25, -0.2) is 0 Å². The number of fused-ring (bicyclic) bond motifs is 1. The van der Waals surface area contributed by atoms with Gasteiger partial charge in [-0.15, -0.1) is 10.2 Å². The van der Waals surface area contributed by atoms with Gasteiger partial charge in [0.2, 0.25) is 5.82 Å². The Labute approximate surface area is 172 Å². The molecule has 3 rings (SSSR count). The molecular formula is C13H11BF3KN4O. The molecule has 0 fully saturated rings. The molecule has 0 atom stereocenters. The van der Waals surface area contributed by atoms with Crippen molar-refractivity contribution in [3.05, 3.63) is 42.2 Å². The summed E-state index contributed by atoms with van der Waals surface area (Å²) in [4.78, 5) is 1.22. The first kappa shape index (κ1) is 18.4. The van der Waals surface area contributed by atoms with Crippen LogP contribution >= 0.6 is 0 Å². The van der Waals surface area contributed by atoms with Crippen molar-refractivity contribution < 1.29 is 69.1 Å². The summed E-state index contributed by atoms with van der Waals surface area (Å²) in [5.41, 5.74) is -0.734. The minimum Gasteiger partial charge on any atom is -0.488 e. The Balaban J connectivity index is 0.00000192. The van der Waals surface area contributed by atoms with Crippen LogP contribution in [-0.4, -0.2) is 27.2 Å². The molecule has 23 heavy (non-hydrogen) atoms. The van der Waals surface area contributed by atoms with E-state index in [0.29, 0.717) is 5.39 Å². The van der Waals surface area contributed by atoms with Crippen LogP contribution in [0.25, 0.3) is 10.8 Å². The number of hydrogen-bond donors (Lipinski definition) is 0. The predicted octanol–water partition coefficient (Wildman–Crippen LogP) is -0.999. The van der Waals surface area contributed by atoms with E-state index in [-0.39, 0.29) is 75.0 Å². The third-order valence-electron chi connectivity index (χ3n) is 3.16. The van der Waals surface area contributed by atoms with Crippen LogP contribution in [-0.2, 0) is 13.7 Å². The standard InChI is InChI=1S/C13H11BF3N4O.K/c1-21-19-12(18-20-21)8-22-11-7-6-9-4-2-3-5-10(9)13(11)14(15,16)17;/h2-7H,8H2,1H3;/q-1;+1. The SMILES string of the molecule is Cn1nnc(COc2ccc3ccccc3c2[B-](F)(F)F)n1.[K+]. The molecule has 0 aliphatic heterocycles. The minimum atomic E-state index is -5.21. The first-order chi connectivity index (χ1) is 10.4. The van der Waals surface area contributed by atoms with Gasteiger partial charge in [0.05, 0.1) is 12.8 Å². The fourth-order valence-electron chi connectivity index (χ4n) is 2.26. The van der Waals surface area contributed by atoms with E-state index in [0.717, 1.165) is 0 Å². The van der Waals surface area contributed by atoms with Crippen LogP contribution in [0.2, 0.25) is 0 Å². The van der Waals surface area contributed by atoms with E-state index >= 15 is 0 Å². The number of tetrazole rings is 1. The molecule has 0 saturated heterocycles. The fraction of sp³-hybridized carbons (Fsp3) is 0.154. The van der Waals surface area contributed by atoms with Crippen LogP contribution in [0.4, 0.5) is 12.9 Å². The second kappa shape index (κ2) is 7.31. The second-order valence-electron chi connectivity index (χ2n) is 4.76. The first-order valence-electron chi connectivity index (χ1n) is 6.52. The summed E-state index contributed by atoms with van der Waals surface area (Å²) in [5, 5.41) is 11.8. The molecule has 2 aromatic carbocycles. The first-order valence-corrected chi connectivity index (χ1v) is 6.52. The van der Waals surface area contributed by atoms with Gasteiger partial charge >= 0.3 is 58.4 Å². The average molecular weight is 346 g/mol. The molecule has 1 heterocycles. The molecule has 0 N–H and O–H groups in total. The van der Waals surface area contributed by atoms with E-state index < -0.39 is 12.4 Å². The van der Waals surface area contributed by atoms with Gasteiger partial charge in [-0.2, -0.15) is 4.80 Å². The minimum absolute atomic E-state index is 0. The fourth-order valence-corrected chi connectivity index (χ4v) is 2.26.